The predicted octanol–water partition coefficient (Wildman–Crippen LogP) is 4.69. The van der Waals surface area contributed by atoms with Gasteiger partial charge in [-0.05, 0) is 55.9 Å². The first kappa shape index (κ1) is 23.3. The normalized spacial score (nSPS) is 22.1. The van der Waals surface area contributed by atoms with Crippen molar-refractivity contribution in [3.63, 3.8) is 0 Å². The van der Waals surface area contributed by atoms with Crippen LogP contribution in [0, 0.1) is 18.7 Å². The number of halogens is 1. The summed E-state index contributed by atoms with van der Waals surface area (Å²) in [4.78, 5) is 7.13. The topological polar surface area (TPSA) is 96.4 Å². The van der Waals surface area contributed by atoms with Gasteiger partial charge in [0.15, 0.2) is 5.82 Å². The minimum atomic E-state index is -0.581. The number of nitrogens with zero attached hydrogens (tertiary/aromatic N) is 4. The van der Waals surface area contributed by atoms with Crippen molar-refractivity contribution < 1.29 is 9.13 Å². The second-order valence-electron chi connectivity index (χ2n) is 10.6. The number of H-pyrrole nitrogens is 2. The number of rotatable bonds is 4. The standard InChI is InChI=1S/C29H30FN7O/c1-17-3-5-18(6-4-17)27-33-28(36-35-27)25-14-23-22-8-7-21(30)13-24(22)32-26(23)29(34-25,19-9-11-38-12-10-19)20-15-31-37(2)16-20/h3-8,13,15-16,19,25,32,34H,9-12,14H2,1-2H3,(H,33,35,36)/t25-,29?/m1/s1. The fraction of sp³-hybridized carbons (Fsp3) is 0.345. The Labute approximate surface area is 219 Å². The summed E-state index contributed by atoms with van der Waals surface area (Å²) in [5.41, 5.74) is 5.74. The molecule has 2 aliphatic rings. The largest absolute Gasteiger partial charge is 0.381 e. The molecule has 0 spiro atoms. The van der Waals surface area contributed by atoms with Crippen LogP contribution in [0.4, 0.5) is 4.39 Å². The Morgan fingerprint density at radius 1 is 1.05 bits per heavy atom. The van der Waals surface area contributed by atoms with Gasteiger partial charge in [-0.25, -0.2) is 4.39 Å². The number of ether oxygens (including phenoxy) is 1. The lowest BCUT2D eigenvalue weighted by Crippen LogP contribution is -2.55. The number of fused-ring (bicyclic) bond motifs is 3. The van der Waals surface area contributed by atoms with Gasteiger partial charge >= 0.3 is 0 Å². The minimum Gasteiger partial charge on any atom is -0.381 e. The zero-order valence-corrected chi connectivity index (χ0v) is 21.5. The molecule has 0 aliphatic carbocycles. The SMILES string of the molecule is Cc1ccc(-c2nnc([C@H]3Cc4c([nH]c5cc(F)ccc45)C(c4cnn(C)c4)(C4CCOCC4)N3)[nH]2)cc1. The summed E-state index contributed by atoms with van der Waals surface area (Å²) in [6, 6.07) is 13.1. The van der Waals surface area contributed by atoms with Crippen LogP contribution in [0.25, 0.3) is 22.3 Å². The number of aromatic nitrogens is 6. The zero-order valence-electron chi connectivity index (χ0n) is 21.5. The van der Waals surface area contributed by atoms with E-state index in [1.54, 1.807) is 6.07 Å². The fourth-order valence-corrected chi connectivity index (χ4v) is 6.36. The number of aryl methyl sites for hydroxylation is 2. The van der Waals surface area contributed by atoms with Crippen LogP contribution in [-0.4, -0.2) is 43.2 Å². The lowest BCUT2D eigenvalue weighted by molar-refractivity contribution is 0.0302. The van der Waals surface area contributed by atoms with Crippen molar-refractivity contribution in [1.29, 1.82) is 0 Å². The predicted molar refractivity (Wildman–Crippen MR) is 142 cm³/mol. The summed E-state index contributed by atoms with van der Waals surface area (Å²) in [5.74, 6) is 1.51. The molecule has 2 aromatic carbocycles. The highest BCUT2D eigenvalue weighted by atomic mass is 19.1. The van der Waals surface area contributed by atoms with E-state index in [1.165, 1.54) is 17.2 Å². The second kappa shape index (κ2) is 8.89. The van der Waals surface area contributed by atoms with Crippen LogP contribution >= 0.6 is 0 Å². The van der Waals surface area contributed by atoms with Crippen molar-refractivity contribution >= 4 is 10.9 Å². The maximum absolute atomic E-state index is 14.3. The lowest BCUT2D eigenvalue weighted by atomic mass is 9.69. The van der Waals surface area contributed by atoms with E-state index in [4.69, 9.17) is 4.74 Å². The second-order valence-corrected chi connectivity index (χ2v) is 10.6. The Bertz CT molecular complexity index is 1610. The van der Waals surface area contributed by atoms with E-state index in [1.807, 2.05) is 24.0 Å². The highest BCUT2D eigenvalue weighted by molar-refractivity contribution is 5.86. The highest BCUT2D eigenvalue weighted by Gasteiger charge is 2.50. The molecule has 0 amide bonds. The molecule has 3 aromatic heterocycles. The van der Waals surface area contributed by atoms with Crippen LogP contribution in [0.2, 0.25) is 0 Å². The molecule has 7 rings (SSSR count). The van der Waals surface area contributed by atoms with E-state index >= 15 is 0 Å². The number of hydrogen-bond donors (Lipinski definition) is 3. The molecule has 38 heavy (non-hydrogen) atoms. The van der Waals surface area contributed by atoms with E-state index in [2.05, 4.69) is 68.0 Å². The van der Waals surface area contributed by atoms with Crippen LogP contribution < -0.4 is 5.32 Å². The van der Waals surface area contributed by atoms with E-state index in [-0.39, 0.29) is 17.8 Å². The van der Waals surface area contributed by atoms with Crippen LogP contribution in [0.5, 0.6) is 0 Å². The van der Waals surface area contributed by atoms with Crippen molar-refractivity contribution in [3.8, 4) is 11.4 Å². The summed E-state index contributed by atoms with van der Waals surface area (Å²) in [6.07, 6.45) is 6.50. The third-order valence-corrected chi connectivity index (χ3v) is 8.23. The monoisotopic (exact) mass is 511 g/mol. The Kier molecular flexibility index (Phi) is 5.45. The summed E-state index contributed by atoms with van der Waals surface area (Å²) < 4.78 is 21.9. The van der Waals surface area contributed by atoms with Gasteiger partial charge in [0.1, 0.15) is 11.6 Å². The lowest BCUT2D eigenvalue weighted by Gasteiger charge is -2.47. The average molecular weight is 512 g/mol. The summed E-state index contributed by atoms with van der Waals surface area (Å²) in [6.45, 7) is 3.46. The van der Waals surface area contributed by atoms with Gasteiger partial charge in [-0.3, -0.25) is 10.00 Å². The quantitative estimate of drug-likeness (QED) is 0.325. The number of nitrogens with one attached hydrogen (secondary N) is 3. The van der Waals surface area contributed by atoms with Gasteiger partial charge in [-0.15, -0.1) is 10.2 Å². The van der Waals surface area contributed by atoms with Crippen molar-refractivity contribution in [2.45, 2.75) is 37.8 Å². The maximum atomic E-state index is 14.3. The molecule has 1 unspecified atom stereocenters. The van der Waals surface area contributed by atoms with Crippen LogP contribution in [0.1, 0.15) is 47.1 Å². The van der Waals surface area contributed by atoms with Gasteiger partial charge < -0.3 is 14.7 Å². The smallest absolute Gasteiger partial charge is 0.161 e. The molecular formula is C29H30FN7O. The third-order valence-electron chi connectivity index (χ3n) is 8.23. The molecule has 8 nitrogen and oxygen atoms in total. The first-order chi connectivity index (χ1) is 18.5. The molecule has 194 valence electrons. The van der Waals surface area contributed by atoms with Gasteiger partial charge in [0.2, 0.25) is 0 Å². The van der Waals surface area contributed by atoms with Gasteiger partial charge in [-0.2, -0.15) is 5.10 Å². The van der Waals surface area contributed by atoms with Crippen LogP contribution in [-0.2, 0) is 23.7 Å². The molecule has 2 aliphatic heterocycles. The van der Waals surface area contributed by atoms with E-state index in [0.29, 0.717) is 19.6 Å². The Hall–Kier alpha value is -3.82. The van der Waals surface area contributed by atoms with Crippen molar-refractivity contribution in [2.24, 2.45) is 13.0 Å². The Morgan fingerprint density at radius 2 is 1.87 bits per heavy atom. The van der Waals surface area contributed by atoms with Crippen LogP contribution in [0.3, 0.4) is 0 Å². The van der Waals surface area contributed by atoms with E-state index in [0.717, 1.165) is 52.2 Å². The summed E-state index contributed by atoms with van der Waals surface area (Å²) >= 11 is 0. The van der Waals surface area contributed by atoms with Crippen molar-refractivity contribution in [3.05, 3.63) is 88.9 Å². The Morgan fingerprint density at radius 3 is 2.63 bits per heavy atom. The molecule has 3 N–H and O–H groups in total. The molecular weight excluding hydrogens is 481 g/mol. The zero-order chi connectivity index (χ0) is 25.9. The van der Waals surface area contributed by atoms with Crippen molar-refractivity contribution in [1.82, 2.24) is 35.3 Å². The molecule has 5 aromatic rings. The highest BCUT2D eigenvalue weighted by Crippen LogP contribution is 2.49. The third kappa shape index (κ3) is 3.68. The fourth-order valence-electron chi connectivity index (χ4n) is 6.36. The Balaban J connectivity index is 1.41. The molecule has 1 saturated heterocycles. The van der Waals surface area contributed by atoms with Gasteiger partial charge in [-0.1, -0.05) is 29.8 Å². The molecule has 2 atom stereocenters. The van der Waals surface area contributed by atoms with Gasteiger partial charge in [0, 0.05) is 54.2 Å². The first-order valence-electron chi connectivity index (χ1n) is 13.2. The molecule has 1 fully saturated rings. The molecule has 0 bridgehead atoms. The number of hydrogen-bond acceptors (Lipinski definition) is 5. The van der Waals surface area contributed by atoms with Crippen molar-refractivity contribution in [2.75, 3.05) is 13.2 Å². The van der Waals surface area contributed by atoms with Gasteiger partial charge in [0.25, 0.3) is 0 Å². The maximum Gasteiger partial charge on any atom is 0.161 e. The minimum absolute atomic E-state index is 0.138. The van der Waals surface area contributed by atoms with E-state index < -0.39 is 5.54 Å². The first-order valence-corrected chi connectivity index (χ1v) is 13.2. The van der Waals surface area contributed by atoms with Crippen LogP contribution in [0.15, 0.2) is 54.9 Å². The van der Waals surface area contributed by atoms with Gasteiger partial charge in [0.05, 0.1) is 17.8 Å². The molecule has 9 heteroatoms. The van der Waals surface area contributed by atoms with E-state index in [9.17, 15) is 4.39 Å². The molecule has 0 radical (unpaired) electrons. The summed E-state index contributed by atoms with van der Waals surface area (Å²) in [5, 5.41) is 18.7. The number of benzene rings is 2. The average Bonchev–Trinajstić information content (AvgIpc) is 3.68. The molecule has 5 heterocycles. The number of aromatic amines is 2. The summed E-state index contributed by atoms with van der Waals surface area (Å²) in [7, 11) is 1.94. The molecule has 0 saturated carbocycles.